The molecule has 1 N–H and O–H groups in total. The van der Waals surface area contributed by atoms with E-state index in [1.807, 2.05) is 16.8 Å². The van der Waals surface area contributed by atoms with E-state index in [2.05, 4.69) is 0 Å². The van der Waals surface area contributed by atoms with Gasteiger partial charge in [0.05, 0.1) is 12.0 Å². The van der Waals surface area contributed by atoms with Crippen LogP contribution >= 0.6 is 11.3 Å². The molecule has 0 radical (unpaired) electrons. The molecule has 2 aromatic rings. The van der Waals surface area contributed by atoms with Gasteiger partial charge in [0.25, 0.3) is 0 Å². The highest BCUT2D eigenvalue weighted by molar-refractivity contribution is 7.08. The van der Waals surface area contributed by atoms with Gasteiger partial charge in [-0.25, -0.2) is 4.39 Å². The lowest BCUT2D eigenvalue weighted by atomic mass is 9.85. The Morgan fingerprint density at radius 2 is 2.12 bits per heavy atom. The van der Waals surface area contributed by atoms with E-state index < -0.39 is 17.9 Å². The van der Waals surface area contributed by atoms with Crippen molar-refractivity contribution in [3.63, 3.8) is 0 Å². The number of carboxylic acids is 1. The van der Waals surface area contributed by atoms with Gasteiger partial charge in [-0.15, -0.1) is 0 Å². The molecule has 0 aliphatic carbocycles. The summed E-state index contributed by atoms with van der Waals surface area (Å²) in [6.45, 7) is 0.310. The maximum absolute atomic E-state index is 13.8. The molecule has 0 saturated carbocycles. The molecule has 1 aliphatic rings. The van der Waals surface area contributed by atoms with Crippen LogP contribution in [0.15, 0.2) is 41.1 Å². The Morgan fingerprint density at radius 3 is 2.79 bits per heavy atom. The number of nitrogens with zero attached hydrogens (tertiary/aromatic N) is 1. The highest BCUT2D eigenvalue weighted by atomic mass is 32.1. The van der Waals surface area contributed by atoms with E-state index in [-0.39, 0.29) is 18.1 Å². The number of hydrogen-bond acceptors (Lipinski definition) is 3. The molecule has 1 aromatic carbocycles. The van der Waals surface area contributed by atoms with Crippen LogP contribution in [0.5, 0.6) is 0 Å². The van der Waals surface area contributed by atoms with Crippen molar-refractivity contribution in [3.05, 3.63) is 58.0 Å². The zero-order valence-electron chi connectivity index (χ0n) is 13.0. The first-order valence-corrected chi connectivity index (χ1v) is 8.80. The van der Waals surface area contributed by atoms with Crippen LogP contribution in [-0.2, 0) is 16.0 Å². The van der Waals surface area contributed by atoms with Crippen molar-refractivity contribution in [3.8, 4) is 0 Å². The number of carboxylic acid groups (broad SMARTS) is 1. The summed E-state index contributed by atoms with van der Waals surface area (Å²) in [5.74, 6) is -1.89. The van der Waals surface area contributed by atoms with Crippen molar-refractivity contribution in [1.29, 1.82) is 0 Å². The zero-order valence-corrected chi connectivity index (χ0v) is 13.8. The monoisotopic (exact) mass is 347 g/mol. The van der Waals surface area contributed by atoms with E-state index in [1.54, 1.807) is 23.1 Å². The molecule has 1 fully saturated rings. The van der Waals surface area contributed by atoms with E-state index in [4.69, 9.17) is 0 Å². The highest BCUT2D eigenvalue weighted by Gasteiger charge is 2.40. The van der Waals surface area contributed by atoms with Gasteiger partial charge in [0.2, 0.25) is 5.91 Å². The SMILES string of the molecule is O=C(O)[C@@H]1CCC(=O)N(CCc2ccccc2F)[C@@H]1c1ccsc1. The molecular weight excluding hydrogens is 329 g/mol. The fraction of sp³-hybridized carbons (Fsp3) is 0.333. The van der Waals surface area contributed by atoms with Gasteiger partial charge >= 0.3 is 5.97 Å². The average Bonchev–Trinajstić information content (AvgIpc) is 3.08. The zero-order chi connectivity index (χ0) is 17.1. The lowest BCUT2D eigenvalue weighted by Gasteiger charge is -2.39. The van der Waals surface area contributed by atoms with Gasteiger partial charge in [0, 0.05) is 13.0 Å². The summed E-state index contributed by atoms with van der Waals surface area (Å²) >= 11 is 1.48. The number of benzene rings is 1. The minimum absolute atomic E-state index is 0.0694. The number of piperidine rings is 1. The summed E-state index contributed by atoms with van der Waals surface area (Å²) in [6, 6.07) is 7.84. The van der Waals surface area contributed by atoms with E-state index in [0.717, 1.165) is 5.56 Å². The summed E-state index contributed by atoms with van der Waals surface area (Å²) in [5.41, 5.74) is 1.38. The normalized spacial score (nSPS) is 21.0. The van der Waals surface area contributed by atoms with Crippen molar-refractivity contribution in [1.82, 2.24) is 4.90 Å². The van der Waals surface area contributed by atoms with E-state index in [0.29, 0.717) is 24.9 Å². The highest BCUT2D eigenvalue weighted by Crippen LogP contribution is 2.37. The summed E-state index contributed by atoms with van der Waals surface area (Å²) in [5, 5.41) is 13.3. The van der Waals surface area contributed by atoms with Gasteiger partial charge < -0.3 is 10.0 Å². The number of amides is 1. The number of aliphatic carboxylic acids is 1. The smallest absolute Gasteiger partial charge is 0.308 e. The maximum Gasteiger partial charge on any atom is 0.308 e. The molecule has 2 atom stereocenters. The van der Waals surface area contributed by atoms with Crippen molar-refractivity contribution >= 4 is 23.2 Å². The molecule has 6 heteroatoms. The third kappa shape index (κ3) is 3.33. The van der Waals surface area contributed by atoms with Crippen LogP contribution in [0.3, 0.4) is 0 Å². The number of hydrogen-bond donors (Lipinski definition) is 1. The molecule has 1 amide bonds. The molecule has 1 aliphatic heterocycles. The van der Waals surface area contributed by atoms with E-state index in [9.17, 15) is 19.1 Å². The molecule has 24 heavy (non-hydrogen) atoms. The maximum atomic E-state index is 13.8. The molecule has 1 aromatic heterocycles. The molecule has 3 rings (SSSR count). The van der Waals surface area contributed by atoms with Crippen LogP contribution in [0.25, 0.3) is 0 Å². The first-order valence-electron chi connectivity index (χ1n) is 7.85. The number of carbonyl (C=O) groups is 2. The summed E-state index contributed by atoms with van der Waals surface area (Å²) in [4.78, 5) is 25.7. The van der Waals surface area contributed by atoms with Crippen molar-refractivity contribution in [2.75, 3.05) is 6.54 Å². The Balaban J connectivity index is 1.85. The lowest BCUT2D eigenvalue weighted by Crippen LogP contribution is -2.46. The minimum atomic E-state index is -0.894. The van der Waals surface area contributed by atoms with Crippen molar-refractivity contribution in [2.24, 2.45) is 5.92 Å². The topological polar surface area (TPSA) is 57.6 Å². The van der Waals surface area contributed by atoms with E-state index >= 15 is 0 Å². The van der Waals surface area contributed by atoms with Crippen LogP contribution in [-0.4, -0.2) is 28.4 Å². The summed E-state index contributed by atoms with van der Waals surface area (Å²) in [7, 11) is 0. The fourth-order valence-corrected chi connectivity index (χ4v) is 3.96. The molecule has 0 unspecified atom stereocenters. The Morgan fingerprint density at radius 1 is 1.33 bits per heavy atom. The average molecular weight is 347 g/mol. The predicted molar refractivity (Wildman–Crippen MR) is 89.2 cm³/mol. The van der Waals surface area contributed by atoms with Crippen molar-refractivity contribution in [2.45, 2.75) is 25.3 Å². The number of halogens is 1. The molecule has 2 heterocycles. The molecule has 0 spiro atoms. The van der Waals surface area contributed by atoms with Crippen molar-refractivity contribution < 1.29 is 19.1 Å². The second kappa shape index (κ2) is 7.13. The van der Waals surface area contributed by atoms with Crippen LogP contribution in [0.1, 0.15) is 30.0 Å². The third-order valence-electron chi connectivity index (χ3n) is 4.49. The lowest BCUT2D eigenvalue weighted by molar-refractivity contribution is -0.152. The Kier molecular flexibility index (Phi) is 4.94. The Hall–Kier alpha value is -2.21. The minimum Gasteiger partial charge on any atom is -0.481 e. The summed E-state index contributed by atoms with van der Waals surface area (Å²) < 4.78 is 13.8. The first-order chi connectivity index (χ1) is 11.6. The van der Waals surface area contributed by atoms with Gasteiger partial charge in [0.15, 0.2) is 0 Å². The quantitative estimate of drug-likeness (QED) is 0.901. The number of thiophene rings is 1. The predicted octanol–water partition coefficient (Wildman–Crippen LogP) is 3.49. The third-order valence-corrected chi connectivity index (χ3v) is 5.19. The van der Waals surface area contributed by atoms with Gasteiger partial charge in [0.1, 0.15) is 5.82 Å². The standard InChI is InChI=1S/C18H18FNO3S/c19-15-4-2-1-3-12(15)7-9-20-16(21)6-5-14(18(22)23)17(20)13-8-10-24-11-13/h1-4,8,10-11,14,17H,5-7,9H2,(H,22,23)/t14-,17-/m1/s1. The van der Waals surface area contributed by atoms with Crippen LogP contribution in [0.2, 0.25) is 0 Å². The molecule has 1 saturated heterocycles. The Bertz CT molecular complexity index is 732. The summed E-state index contributed by atoms with van der Waals surface area (Å²) in [6.07, 6.45) is 0.922. The molecule has 0 bridgehead atoms. The van der Waals surface area contributed by atoms with Gasteiger partial charge in [-0.1, -0.05) is 18.2 Å². The Labute approximate surface area is 143 Å². The van der Waals surface area contributed by atoms with Gasteiger partial charge in [-0.2, -0.15) is 11.3 Å². The molecule has 4 nitrogen and oxygen atoms in total. The van der Waals surface area contributed by atoms with E-state index in [1.165, 1.54) is 17.4 Å². The largest absolute Gasteiger partial charge is 0.481 e. The number of rotatable bonds is 5. The number of likely N-dealkylation sites (tertiary alicyclic amines) is 1. The first kappa shape index (κ1) is 16.6. The second-order valence-electron chi connectivity index (χ2n) is 5.91. The van der Waals surface area contributed by atoms with Crippen LogP contribution < -0.4 is 0 Å². The number of carbonyl (C=O) groups excluding carboxylic acids is 1. The van der Waals surface area contributed by atoms with Crippen LogP contribution in [0.4, 0.5) is 4.39 Å². The fourth-order valence-electron chi connectivity index (χ4n) is 3.27. The second-order valence-corrected chi connectivity index (χ2v) is 6.69. The van der Waals surface area contributed by atoms with Gasteiger partial charge in [-0.05, 0) is 46.9 Å². The van der Waals surface area contributed by atoms with Gasteiger partial charge in [-0.3, -0.25) is 9.59 Å². The van der Waals surface area contributed by atoms with Crippen LogP contribution in [0, 0.1) is 11.7 Å². The molecular formula is C18H18FNO3S. The molecule has 126 valence electrons.